The molecular weight excluding hydrogens is 256 g/mol. The van der Waals surface area contributed by atoms with Gasteiger partial charge in [0.05, 0.1) is 0 Å². The molecule has 2 nitrogen and oxygen atoms in total. The van der Waals surface area contributed by atoms with Crippen LogP contribution in [0.2, 0.25) is 0 Å². The first-order chi connectivity index (χ1) is 9.97. The lowest BCUT2D eigenvalue weighted by molar-refractivity contribution is 0.311. The van der Waals surface area contributed by atoms with Crippen molar-refractivity contribution in [3.05, 3.63) is 29.3 Å². The predicted octanol–water partition coefficient (Wildman–Crippen LogP) is 4.37. The third-order valence-corrected chi connectivity index (χ3v) is 4.76. The molecule has 1 fully saturated rings. The Bertz CT molecular complexity index is 443. The van der Waals surface area contributed by atoms with Gasteiger partial charge in [-0.15, -0.1) is 0 Å². The minimum atomic E-state index is 0.532. The normalized spacial score (nSPS) is 17.0. The number of piperidine rings is 1. The number of benzene rings is 1. The fourth-order valence-corrected chi connectivity index (χ4v) is 3.29. The highest BCUT2D eigenvalue weighted by Crippen LogP contribution is 2.30. The van der Waals surface area contributed by atoms with E-state index in [1.165, 1.54) is 42.7 Å². The molecule has 1 aliphatic rings. The second-order valence-corrected chi connectivity index (χ2v) is 7.24. The smallest absolute Gasteiger partial charge is 0.0412 e. The van der Waals surface area contributed by atoms with Crippen LogP contribution in [0.4, 0.5) is 5.69 Å². The first-order valence-corrected chi connectivity index (χ1v) is 8.55. The number of anilines is 1. The average Bonchev–Trinajstić information content (AvgIpc) is 2.45. The van der Waals surface area contributed by atoms with Crippen molar-refractivity contribution in [3.8, 4) is 0 Å². The first kappa shape index (κ1) is 16.4. The summed E-state index contributed by atoms with van der Waals surface area (Å²) in [6, 6.07) is 7.45. The van der Waals surface area contributed by atoms with Crippen LogP contribution in [0.5, 0.6) is 0 Å². The molecule has 0 radical (unpaired) electrons. The van der Waals surface area contributed by atoms with Crippen molar-refractivity contribution in [1.29, 1.82) is 0 Å². The average molecular weight is 288 g/mol. The Kier molecular flexibility index (Phi) is 5.69. The highest BCUT2D eigenvalue weighted by atomic mass is 15.1. The van der Waals surface area contributed by atoms with Gasteiger partial charge in [0.15, 0.2) is 0 Å². The Labute approximate surface area is 130 Å². The molecule has 2 rings (SSSR count). The largest absolute Gasteiger partial charge is 0.371 e. The van der Waals surface area contributed by atoms with Crippen molar-refractivity contribution in [3.63, 3.8) is 0 Å². The Morgan fingerprint density at radius 2 is 1.81 bits per heavy atom. The van der Waals surface area contributed by atoms with E-state index in [0.717, 1.165) is 18.4 Å². The Morgan fingerprint density at radius 3 is 2.38 bits per heavy atom. The molecule has 0 atom stereocenters. The molecule has 0 unspecified atom stereocenters. The molecule has 21 heavy (non-hydrogen) atoms. The molecule has 0 spiro atoms. The predicted molar refractivity (Wildman–Crippen MR) is 92.9 cm³/mol. The zero-order valence-electron chi connectivity index (χ0n) is 14.4. The van der Waals surface area contributed by atoms with Crippen molar-refractivity contribution in [1.82, 2.24) is 5.32 Å². The molecule has 0 aromatic heterocycles. The standard InChI is InChI=1S/C19H32N2/c1-14(2)17-8-10-21(11-9-17)19-7-6-16(5)12-18(19)13-20-15(3)4/h6-7,12,14-15,17,20H,8-11,13H2,1-5H3. The minimum Gasteiger partial charge on any atom is -0.371 e. The minimum absolute atomic E-state index is 0.532. The van der Waals surface area contributed by atoms with Gasteiger partial charge in [0.2, 0.25) is 0 Å². The van der Waals surface area contributed by atoms with Crippen LogP contribution >= 0.6 is 0 Å². The maximum absolute atomic E-state index is 3.57. The number of nitrogens with one attached hydrogen (secondary N) is 1. The summed E-state index contributed by atoms with van der Waals surface area (Å²) in [7, 11) is 0. The van der Waals surface area contributed by atoms with Crippen LogP contribution in [-0.4, -0.2) is 19.1 Å². The molecule has 0 saturated carbocycles. The summed E-state index contributed by atoms with van der Waals surface area (Å²) >= 11 is 0. The number of hydrogen-bond acceptors (Lipinski definition) is 2. The van der Waals surface area contributed by atoms with E-state index in [-0.39, 0.29) is 0 Å². The van der Waals surface area contributed by atoms with Gasteiger partial charge in [-0.3, -0.25) is 0 Å². The van der Waals surface area contributed by atoms with Gasteiger partial charge < -0.3 is 10.2 Å². The van der Waals surface area contributed by atoms with Crippen LogP contribution in [-0.2, 0) is 6.54 Å². The SMILES string of the molecule is Cc1ccc(N2CCC(C(C)C)CC2)c(CNC(C)C)c1. The second-order valence-electron chi connectivity index (χ2n) is 7.24. The second kappa shape index (κ2) is 7.31. The zero-order valence-corrected chi connectivity index (χ0v) is 14.4. The summed E-state index contributed by atoms with van der Waals surface area (Å²) in [5.41, 5.74) is 4.25. The van der Waals surface area contributed by atoms with Gasteiger partial charge in [-0.25, -0.2) is 0 Å². The van der Waals surface area contributed by atoms with Crippen LogP contribution < -0.4 is 10.2 Å². The molecule has 1 N–H and O–H groups in total. The summed E-state index contributed by atoms with van der Waals surface area (Å²) in [6.07, 6.45) is 2.67. The van der Waals surface area contributed by atoms with E-state index in [9.17, 15) is 0 Å². The first-order valence-electron chi connectivity index (χ1n) is 8.55. The number of aryl methyl sites for hydroxylation is 1. The number of nitrogens with zero attached hydrogens (tertiary/aromatic N) is 1. The Balaban J connectivity index is 2.08. The maximum atomic E-state index is 3.57. The molecule has 1 aromatic rings. The lowest BCUT2D eigenvalue weighted by atomic mass is 9.86. The summed E-state index contributed by atoms with van der Waals surface area (Å²) in [6.45, 7) is 14.7. The Morgan fingerprint density at radius 1 is 1.14 bits per heavy atom. The van der Waals surface area contributed by atoms with E-state index >= 15 is 0 Å². The monoisotopic (exact) mass is 288 g/mol. The highest BCUT2D eigenvalue weighted by molar-refractivity contribution is 5.55. The van der Waals surface area contributed by atoms with Crippen molar-refractivity contribution in [2.75, 3.05) is 18.0 Å². The van der Waals surface area contributed by atoms with Gasteiger partial charge >= 0.3 is 0 Å². The van der Waals surface area contributed by atoms with Crippen molar-refractivity contribution < 1.29 is 0 Å². The molecule has 1 heterocycles. The molecular formula is C19H32N2. The van der Waals surface area contributed by atoms with Gasteiger partial charge in [0.1, 0.15) is 0 Å². The lowest BCUT2D eigenvalue weighted by Crippen LogP contribution is -2.36. The summed E-state index contributed by atoms with van der Waals surface area (Å²) in [5, 5.41) is 3.57. The van der Waals surface area contributed by atoms with Gasteiger partial charge in [0.25, 0.3) is 0 Å². The lowest BCUT2D eigenvalue weighted by Gasteiger charge is -2.36. The summed E-state index contributed by atoms with van der Waals surface area (Å²) < 4.78 is 0. The summed E-state index contributed by atoms with van der Waals surface area (Å²) in [5.74, 6) is 1.73. The molecule has 1 saturated heterocycles. The fourth-order valence-electron chi connectivity index (χ4n) is 3.29. The van der Waals surface area contributed by atoms with Crippen LogP contribution in [0.3, 0.4) is 0 Å². The quantitative estimate of drug-likeness (QED) is 0.865. The van der Waals surface area contributed by atoms with Gasteiger partial charge in [-0.2, -0.15) is 0 Å². The third-order valence-electron chi connectivity index (χ3n) is 4.76. The van der Waals surface area contributed by atoms with Crippen LogP contribution in [0.25, 0.3) is 0 Å². The van der Waals surface area contributed by atoms with E-state index in [1.54, 1.807) is 0 Å². The molecule has 0 aliphatic carbocycles. The van der Waals surface area contributed by atoms with E-state index < -0.39 is 0 Å². The topological polar surface area (TPSA) is 15.3 Å². The number of rotatable bonds is 5. The van der Waals surface area contributed by atoms with Gasteiger partial charge in [-0.1, -0.05) is 45.4 Å². The molecule has 1 aromatic carbocycles. The van der Waals surface area contributed by atoms with Crippen molar-refractivity contribution in [2.24, 2.45) is 11.8 Å². The molecule has 2 heteroatoms. The van der Waals surface area contributed by atoms with Gasteiger partial charge in [-0.05, 0) is 43.2 Å². The van der Waals surface area contributed by atoms with Crippen LogP contribution in [0, 0.1) is 18.8 Å². The number of hydrogen-bond donors (Lipinski definition) is 1. The Hall–Kier alpha value is -1.02. The van der Waals surface area contributed by atoms with E-state index in [2.05, 4.69) is 63.0 Å². The summed E-state index contributed by atoms with van der Waals surface area (Å²) in [4.78, 5) is 2.59. The zero-order chi connectivity index (χ0) is 15.4. The van der Waals surface area contributed by atoms with Gasteiger partial charge in [0, 0.05) is 31.4 Å². The molecule has 1 aliphatic heterocycles. The maximum Gasteiger partial charge on any atom is 0.0412 e. The molecule has 0 amide bonds. The van der Waals surface area contributed by atoms with Crippen LogP contribution in [0.1, 0.15) is 51.7 Å². The van der Waals surface area contributed by atoms with E-state index in [1.807, 2.05) is 0 Å². The van der Waals surface area contributed by atoms with Crippen molar-refractivity contribution in [2.45, 2.75) is 60.0 Å². The fraction of sp³-hybridized carbons (Fsp3) is 0.684. The van der Waals surface area contributed by atoms with Crippen molar-refractivity contribution >= 4 is 5.69 Å². The third kappa shape index (κ3) is 4.47. The highest BCUT2D eigenvalue weighted by Gasteiger charge is 2.22. The van der Waals surface area contributed by atoms with E-state index in [4.69, 9.17) is 0 Å². The van der Waals surface area contributed by atoms with Crippen LogP contribution in [0.15, 0.2) is 18.2 Å². The molecule has 0 bridgehead atoms. The van der Waals surface area contributed by atoms with E-state index in [0.29, 0.717) is 6.04 Å². The molecule has 118 valence electrons.